The first kappa shape index (κ1) is 7.29. The highest BCUT2D eigenvalue weighted by Gasteiger charge is 1.90. The molecule has 0 saturated heterocycles. The molecule has 0 bridgehead atoms. The molecule has 0 amide bonds. The van der Waals surface area contributed by atoms with Crippen LogP contribution in [0.5, 0.6) is 0 Å². The third kappa shape index (κ3) is 1.80. The topological polar surface area (TPSA) is 56.4 Å². The van der Waals surface area contributed by atoms with Crippen LogP contribution in [0.15, 0.2) is 29.4 Å². The molecule has 11 heavy (non-hydrogen) atoms. The van der Waals surface area contributed by atoms with Crippen molar-refractivity contribution in [3.05, 3.63) is 35.4 Å². The molecule has 0 fully saturated rings. The van der Waals surface area contributed by atoms with Gasteiger partial charge in [0.15, 0.2) is 0 Å². The monoisotopic (exact) mass is 146 g/mol. The fourth-order valence-corrected chi connectivity index (χ4v) is 0.755. The van der Waals surface area contributed by atoms with Crippen molar-refractivity contribution >= 4 is 6.21 Å². The van der Waals surface area contributed by atoms with E-state index in [-0.39, 0.29) is 0 Å². The van der Waals surface area contributed by atoms with Crippen LogP contribution in [0.1, 0.15) is 11.1 Å². The summed E-state index contributed by atoms with van der Waals surface area (Å²) in [6, 6.07) is 8.79. The second-order valence-electron chi connectivity index (χ2n) is 1.98. The highest BCUT2D eigenvalue weighted by atomic mass is 16.4. The van der Waals surface area contributed by atoms with Crippen molar-refractivity contribution in [3.63, 3.8) is 0 Å². The Bertz CT molecular complexity index is 312. The number of hydrogen-bond donors (Lipinski definition) is 1. The largest absolute Gasteiger partial charge is 0.411 e. The highest BCUT2D eigenvalue weighted by Crippen LogP contribution is 2.00. The Kier molecular flexibility index (Phi) is 2.24. The van der Waals surface area contributed by atoms with Gasteiger partial charge in [0, 0.05) is 0 Å². The maximum Gasteiger partial charge on any atom is 0.0991 e. The zero-order valence-corrected chi connectivity index (χ0v) is 5.73. The summed E-state index contributed by atoms with van der Waals surface area (Å²) in [7, 11) is 0. The molecule has 3 heteroatoms. The second-order valence-corrected chi connectivity index (χ2v) is 1.98. The Morgan fingerprint density at radius 3 is 3.00 bits per heavy atom. The van der Waals surface area contributed by atoms with Crippen LogP contribution in [0.25, 0.3) is 0 Å². The Balaban J connectivity index is 3.03. The van der Waals surface area contributed by atoms with E-state index in [0.717, 1.165) is 0 Å². The van der Waals surface area contributed by atoms with Gasteiger partial charge >= 0.3 is 0 Å². The van der Waals surface area contributed by atoms with Crippen molar-refractivity contribution in [2.75, 3.05) is 0 Å². The summed E-state index contributed by atoms with van der Waals surface area (Å²) in [4.78, 5) is 0. The Morgan fingerprint density at radius 2 is 2.36 bits per heavy atom. The first-order valence-corrected chi connectivity index (χ1v) is 3.04. The highest BCUT2D eigenvalue weighted by molar-refractivity contribution is 5.79. The van der Waals surface area contributed by atoms with Crippen molar-refractivity contribution in [2.24, 2.45) is 5.16 Å². The predicted octanol–water partition coefficient (Wildman–Crippen LogP) is 1.37. The van der Waals surface area contributed by atoms with E-state index >= 15 is 0 Å². The summed E-state index contributed by atoms with van der Waals surface area (Å²) >= 11 is 0. The molecule has 0 aliphatic carbocycles. The van der Waals surface area contributed by atoms with Gasteiger partial charge in [-0.2, -0.15) is 5.26 Å². The van der Waals surface area contributed by atoms with Crippen molar-refractivity contribution < 1.29 is 5.21 Å². The zero-order valence-electron chi connectivity index (χ0n) is 5.73. The lowest BCUT2D eigenvalue weighted by molar-refractivity contribution is 0.322. The molecular formula is C8H6N2O. The van der Waals surface area contributed by atoms with E-state index in [9.17, 15) is 0 Å². The van der Waals surface area contributed by atoms with Crippen LogP contribution < -0.4 is 0 Å². The van der Waals surface area contributed by atoms with Gasteiger partial charge in [0.05, 0.1) is 17.8 Å². The van der Waals surface area contributed by atoms with Gasteiger partial charge in [0.25, 0.3) is 0 Å². The number of nitrogens with zero attached hydrogens (tertiary/aromatic N) is 2. The number of benzene rings is 1. The van der Waals surface area contributed by atoms with Crippen LogP contribution >= 0.6 is 0 Å². The quantitative estimate of drug-likeness (QED) is 0.369. The molecule has 0 aliphatic heterocycles. The van der Waals surface area contributed by atoms with Crippen LogP contribution in [0, 0.1) is 11.3 Å². The Morgan fingerprint density at radius 1 is 1.55 bits per heavy atom. The van der Waals surface area contributed by atoms with Gasteiger partial charge < -0.3 is 5.21 Å². The molecule has 0 radical (unpaired) electrons. The number of oxime groups is 1. The minimum absolute atomic E-state index is 0.558. The van der Waals surface area contributed by atoms with Crippen molar-refractivity contribution in [3.8, 4) is 6.07 Å². The summed E-state index contributed by atoms with van der Waals surface area (Å²) in [6.07, 6.45) is 1.28. The van der Waals surface area contributed by atoms with Crippen molar-refractivity contribution in [1.29, 1.82) is 5.26 Å². The third-order valence-electron chi connectivity index (χ3n) is 1.22. The van der Waals surface area contributed by atoms with Crippen LogP contribution in [0.3, 0.4) is 0 Å². The summed E-state index contributed by atoms with van der Waals surface area (Å²) in [5.74, 6) is 0. The summed E-state index contributed by atoms with van der Waals surface area (Å²) in [6.45, 7) is 0. The van der Waals surface area contributed by atoms with Gasteiger partial charge in [0.1, 0.15) is 0 Å². The van der Waals surface area contributed by atoms with Crippen molar-refractivity contribution in [2.45, 2.75) is 0 Å². The smallest absolute Gasteiger partial charge is 0.0991 e. The number of rotatable bonds is 1. The van der Waals surface area contributed by atoms with Gasteiger partial charge in [-0.1, -0.05) is 17.3 Å². The van der Waals surface area contributed by atoms with E-state index in [0.29, 0.717) is 11.1 Å². The predicted molar refractivity (Wildman–Crippen MR) is 40.5 cm³/mol. The molecule has 0 aliphatic rings. The molecule has 0 saturated carbocycles. The molecule has 1 aromatic rings. The van der Waals surface area contributed by atoms with Gasteiger partial charge in [-0.15, -0.1) is 0 Å². The van der Waals surface area contributed by atoms with Gasteiger partial charge in [-0.3, -0.25) is 0 Å². The first-order chi connectivity index (χ1) is 5.36. The molecule has 1 aromatic carbocycles. The Labute approximate surface area is 64.2 Å². The lowest BCUT2D eigenvalue weighted by atomic mass is 10.1. The molecule has 0 spiro atoms. The molecule has 1 N–H and O–H groups in total. The molecule has 54 valence electrons. The third-order valence-corrected chi connectivity index (χ3v) is 1.22. The first-order valence-electron chi connectivity index (χ1n) is 3.04. The zero-order chi connectivity index (χ0) is 8.10. The maximum absolute atomic E-state index is 8.47. The van der Waals surface area contributed by atoms with Gasteiger partial charge in [0.2, 0.25) is 0 Å². The summed E-state index contributed by atoms with van der Waals surface area (Å²) in [5.41, 5.74) is 1.27. The van der Waals surface area contributed by atoms with Crippen LogP contribution in [-0.4, -0.2) is 11.4 Å². The van der Waals surface area contributed by atoms with Crippen molar-refractivity contribution in [1.82, 2.24) is 0 Å². The molecule has 3 nitrogen and oxygen atoms in total. The average Bonchev–Trinajstić information content (AvgIpc) is 2.06. The van der Waals surface area contributed by atoms with E-state index in [4.69, 9.17) is 10.5 Å². The lowest BCUT2D eigenvalue weighted by Crippen LogP contribution is -1.81. The minimum atomic E-state index is 0.558. The lowest BCUT2D eigenvalue weighted by Gasteiger charge is -1.90. The average molecular weight is 146 g/mol. The van der Waals surface area contributed by atoms with Gasteiger partial charge in [-0.05, 0) is 17.7 Å². The summed E-state index contributed by atoms with van der Waals surface area (Å²) in [5, 5.41) is 19.5. The molecule has 0 atom stereocenters. The van der Waals surface area contributed by atoms with E-state index in [1.165, 1.54) is 6.21 Å². The number of nitriles is 1. The normalized spacial score (nSPS) is 9.73. The Hall–Kier alpha value is -1.82. The van der Waals surface area contributed by atoms with E-state index in [1.807, 2.05) is 6.07 Å². The van der Waals surface area contributed by atoms with Crippen LogP contribution in [0.4, 0.5) is 0 Å². The summed E-state index contributed by atoms with van der Waals surface area (Å²) < 4.78 is 0. The molecule has 0 aromatic heterocycles. The fraction of sp³-hybridized carbons (Fsp3) is 0. The van der Waals surface area contributed by atoms with Crippen LogP contribution in [-0.2, 0) is 0 Å². The second kappa shape index (κ2) is 3.37. The van der Waals surface area contributed by atoms with E-state index in [1.54, 1.807) is 24.3 Å². The van der Waals surface area contributed by atoms with Crippen LogP contribution in [0.2, 0.25) is 0 Å². The molecule has 0 unspecified atom stereocenters. The van der Waals surface area contributed by atoms with Gasteiger partial charge in [-0.25, -0.2) is 0 Å². The number of hydrogen-bond acceptors (Lipinski definition) is 3. The molecule has 0 heterocycles. The molecular weight excluding hydrogens is 140 g/mol. The minimum Gasteiger partial charge on any atom is -0.411 e. The van der Waals surface area contributed by atoms with E-state index in [2.05, 4.69) is 5.16 Å². The van der Waals surface area contributed by atoms with E-state index < -0.39 is 0 Å². The molecule has 1 rings (SSSR count). The SMILES string of the molecule is N#Cc1cccc(/C=N/O)c1. The standard InChI is InChI=1S/C8H6N2O/c9-5-7-2-1-3-8(4-7)6-10-11/h1-4,6,11H/b10-6+. The maximum atomic E-state index is 8.47. The fourth-order valence-electron chi connectivity index (χ4n) is 0.755.